The van der Waals surface area contributed by atoms with Crippen LogP contribution in [0.5, 0.6) is 17.2 Å². The van der Waals surface area contributed by atoms with Crippen molar-refractivity contribution in [2.24, 2.45) is 5.92 Å². The largest absolute Gasteiger partial charge is 0.493 e. The Kier molecular flexibility index (Phi) is 6.94. The number of nitrogens with one attached hydrogen (secondary N) is 1. The first kappa shape index (κ1) is 19.7. The minimum absolute atomic E-state index is 0.173. The van der Waals surface area contributed by atoms with Crippen LogP contribution in [0.1, 0.15) is 18.4 Å². The lowest BCUT2D eigenvalue weighted by atomic mass is 9.97. The standard InChI is InChI=1S/C18H26N2O6/c1-24-14-5-4-12(15(25-2)16(14)26-3)6-9-19-18(23)20-10-7-13(8-11-20)17(21)22/h4-5,13H,6-11H2,1-3H3,(H,19,23)(H,21,22). The number of amides is 2. The molecule has 8 heteroatoms. The number of carboxylic acids is 1. The fraction of sp³-hybridized carbons (Fsp3) is 0.556. The molecular weight excluding hydrogens is 340 g/mol. The molecule has 0 aromatic heterocycles. The van der Waals surface area contributed by atoms with Crippen LogP contribution >= 0.6 is 0 Å². The predicted molar refractivity (Wildman–Crippen MR) is 95.1 cm³/mol. The number of likely N-dealkylation sites (tertiary alicyclic amines) is 1. The number of carbonyl (C=O) groups excluding carboxylic acids is 1. The molecule has 0 aliphatic carbocycles. The van der Waals surface area contributed by atoms with Crippen molar-refractivity contribution in [2.45, 2.75) is 19.3 Å². The second-order valence-electron chi connectivity index (χ2n) is 6.07. The number of piperidine rings is 1. The van der Waals surface area contributed by atoms with Crippen LogP contribution in [0, 0.1) is 5.92 Å². The van der Waals surface area contributed by atoms with E-state index in [1.165, 1.54) is 0 Å². The minimum Gasteiger partial charge on any atom is -0.493 e. The van der Waals surface area contributed by atoms with Gasteiger partial charge in [-0.2, -0.15) is 0 Å². The van der Waals surface area contributed by atoms with Gasteiger partial charge >= 0.3 is 12.0 Å². The second kappa shape index (κ2) is 9.17. The van der Waals surface area contributed by atoms with Gasteiger partial charge in [-0.3, -0.25) is 4.79 Å². The fourth-order valence-electron chi connectivity index (χ4n) is 3.11. The van der Waals surface area contributed by atoms with Crippen molar-refractivity contribution in [3.05, 3.63) is 17.7 Å². The summed E-state index contributed by atoms with van der Waals surface area (Å²) in [6.45, 7) is 1.36. The molecule has 2 rings (SSSR count). The molecule has 0 unspecified atom stereocenters. The molecule has 1 saturated heterocycles. The topological polar surface area (TPSA) is 97.3 Å². The Morgan fingerprint density at radius 1 is 1.12 bits per heavy atom. The van der Waals surface area contributed by atoms with Crippen LogP contribution < -0.4 is 19.5 Å². The number of carboxylic acid groups (broad SMARTS) is 1. The molecule has 1 aliphatic heterocycles. The Labute approximate surface area is 153 Å². The van der Waals surface area contributed by atoms with Crippen LogP contribution in [0.4, 0.5) is 4.79 Å². The van der Waals surface area contributed by atoms with E-state index in [1.807, 2.05) is 6.07 Å². The van der Waals surface area contributed by atoms with Gasteiger partial charge in [-0.25, -0.2) is 4.79 Å². The number of hydrogen-bond acceptors (Lipinski definition) is 5. The summed E-state index contributed by atoms with van der Waals surface area (Å²) in [5.41, 5.74) is 0.898. The van der Waals surface area contributed by atoms with Crippen LogP contribution in [0.15, 0.2) is 12.1 Å². The maximum Gasteiger partial charge on any atom is 0.317 e. The molecule has 1 heterocycles. The van der Waals surface area contributed by atoms with Crippen molar-refractivity contribution >= 4 is 12.0 Å². The lowest BCUT2D eigenvalue weighted by molar-refractivity contribution is -0.143. The monoisotopic (exact) mass is 366 g/mol. The third-order valence-electron chi connectivity index (χ3n) is 4.59. The number of rotatable bonds is 7. The number of ether oxygens (including phenoxy) is 3. The van der Waals surface area contributed by atoms with E-state index in [0.29, 0.717) is 56.1 Å². The highest BCUT2D eigenvalue weighted by molar-refractivity contribution is 5.75. The number of benzene rings is 1. The van der Waals surface area contributed by atoms with Crippen LogP contribution in [0.25, 0.3) is 0 Å². The third-order valence-corrected chi connectivity index (χ3v) is 4.59. The van der Waals surface area contributed by atoms with E-state index in [4.69, 9.17) is 19.3 Å². The molecule has 1 aliphatic rings. The molecule has 144 valence electrons. The van der Waals surface area contributed by atoms with E-state index >= 15 is 0 Å². The first-order valence-electron chi connectivity index (χ1n) is 8.55. The van der Waals surface area contributed by atoms with Crippen LogP contribution in [0.2, 0.25) is 0 Å². The first-order chi connectivity index (χ1) is 12.5. The number of carbonyl (C=O) groups is 2. The molecule has 1 fully saturated rings. The van der Waals surface area contributed by atoms with Crippen molar-refractivity contribution in [1.82, 2.24) is 10.2 Å². The molecule has 8 nitrogen and oxygen atoms in total. The normalized spacial score (nSPS) is 14.7. The Morgan fingerprint density at radius 3 is 2.31 bits per heavy atom. The van der Waals surface area contributed by atoms with E-state index in [1.54, 1.807) is 32.3 Å². The van der Waals surface area contributed by atoms with Crippen LogP contribution in [0.3, 0.4) is 0 Å². The minimum atomic E-state index is -0.786. The highest BCUT2D eigenvalue weighted by Crippen LogP contribution is 2.39. The fourth-order valence-corrected chi connectivity index (χ4v) is 3.11. The summed E-state index contributed by atoms with van der Waals surface area (Å²) < 4.78 is 16.0. The zero-order chi connectivity index (χ0) is 19.1. The maximum atomic E-state index is 12.2. The lowest BCUT2D eigenvalue weighted by Gasteiger charge is -2.30. The molecule has 26 heavy (non-hydrogen) atoms. The van der Waals surface area contributed by atoms with E-state index < -0.39 is 5.97 Å². The average Bonchev–Trinajstić information content (AvgIpc) is 2.67. The van der Waals surface area contributed by atoms with E-state index in [0.717, 1.165) is 5.56 Å². The van der Waals surface area contributed by atoms with Gasteiger partial charge in [-0.15, -0.1) is 0 Å². The molecule has 0 spiro atoms. The van der Waals surface area contributed by atoms with Gasteiger partial charge in [0.1, 0.15) is 0 Å². The number of urea groups is 1. The zero-order valence-corrected chi connectivity index (χ0v) is 15.4. The Bertz CT molecular complexity index is 641. The summed E-state index contributed by atoms with van der Waals surface area (Å²) in [5.74, 6) is 0.553. The molecule has 0 radical (unpaired) electrons. The second-order valence-corrected chi connectivity index (χ2v) is 6.07. The van der Waals surface area contributed by atoms with Crippen molar-refractivity contribution in [3.63, 3.8) is 0 Å². The van der Waals surface area contributed by atoms with Gasteiger partial charge in [0, 0.05) is 25.2 Å². The van der Waals surface area contributed by atoms with Crippen molar-refractivity contribution in [3.8, 4) is 17.2 Å². The van der Waals surface area contributed by atoms with Gasteiger partial charge in [-0.1, -0.05) is 6.07 Å². The van der Waals surface area contributed by atoms with E-state index in [-0.39, 0.29) is 11.9 Å². The van der Waals surface area contributed by atoms with Gasteiger partial charge in [-0.05, 0) is 25.3 Å². The summed E-state index contributed by atoms with van der Waals surface area (Å²) in [4.78, 5) is 24.9. The summed E-state index contributed by atoms with van der Waals surface area (Å²) in [5, 5.41) is 11.9. The number of nitrogens with zero attached hydrogens (tertiary/aromatic N) is 1. The molecule has 1 aromatic rings. The van der Waals surface area contributed by atoms with Crippen molar-refractivity contribution < 1.29 is 28.9 Å². The highest BCUT2D eigenvalue weighted by atomic mass is 16.5. The zero-order valence-electron chi connectivity index (χ0n) is 15.4. The Hall–Kier alpha value is -2.64. The van der Waals surface area contributed by atoms with Gasteiger partial charge < -0.3 is 29.5 Å². The Morgan fingerprint density at radius 2 is 1.77 bits per heavy atom. The maximum absolute atomic E-state index is 12.2. The molecule has 0 bridgehead atoms. The molecule has 1 aromatic carbocycles. The predicted octanol–water partition coefficient (Wildman–Crippen LogP) is 1.76. The summed E-state index contributed by atoms with van der Waals surface area (Å²) in [6.07, 6.45) is 1.55. The van der Waals surface area contributed by atoms with Crippen LogP contribution in [-0.2, 0) is 11.2 Å². The summed E-state index contributed by atoms with van der Waals surface area (Å²) in [7, 11) is 4.67. The van der Waals surface area contributed by atoms with Crippen LogP contribution in [-0.4, -0.2) is 63.0 Å². The molecule has 2 amide bonds. The average molecular weight is 366 g/mol. The van der Waals surface area contributed by atoms with Gasteiger partial charge in [0.25, 0.3) is 0 Å². The number of hydrogen-bond donors (Lipinski definition) is 2. The SMILES string of the molecule is COc1ccc(CCNC(=O)N2CCC(C(=O)O)CC2)c(OC)c1OC. The van der Waals surface area contributed by atoms with Gasteiger partial charge in [0.15, 0.2) is 11.5 Å². The third kappa shape index (κ3) is 4.50. The van der Waals surface area contributed by atoms with Crippen molar-refractivity contribution in [2.75, 3.05) is 41.0 Å². The molecule has 0 atom stereocenters. The number of methoxy groups -OCH3 is 3. The summed E-state index contributed by atoms with van der Waals surface area (Å²) in [6, 6.07) is 3.51. The molecular formula is C18H26N2O6. The Balaban J connectivity index is 1.90. The van der Waals surface area contributed by atoms with Gasteiger partial charge in [0.05, 0.1) is 27.2 Å². The van der Waals surface area contributed by atoms with E-state index in [9.17, 15) is 9.59 Å². The van der Waals surface area contributed by atoms with Gasteiger partial charge in [0.2, 0.25) is 5.75 Å². The lowest BCUT2D eigenvalue weighted by Crippen LogP contribution is -2.45. The quantitative estimate of drug-likeness (QED) is 0.763. The first-order valence-corrected chi connectivity index (χ1v) is 8.55. The highest BCUT2D eigenvalue weighted by Gasteiger charge is 2.26. The van der Waals surface area contributed by atoms with Crippen molar-refractivity contribution in [1.29, 1.82) is 0 Å². The number of aliphatic carboxylic acids is 1. The summed E-state index contributed by atoms with van der Waals surface area (Å²) >= 11 is 0. The smallest absolute Gasteiger partial charge is 0.317 e. The van der Waals surface area contributed by atoms with E-state index in [2.05, 4.69) is 5.32 Å². The molecule has 0 saturated carbocycles. The molecule has 2 N–H and O–H groups in total.